The first kappa shape index (κ1) is 14.8. The fourth-order valence-electron chi connectivity index (χ4n) is 2.21. The molecule has 6 heteroatoms. The van der Waals surface area contributed by atoms with E-state index in [9.17, 15) is 5.26 Å². The van der Waals surface area contributed by atoms with Crippen molar-refractivity contribution < 1.29 is 0 Å². The molecule has 3 rings (SSSR count). The van der Waals surface area contributed by atoms with Crippen LogP contribution in [0.4, 0.5) is 11.5 Å². The first-order valence-corrected chi connectivity index (χ1v) is 7.16. The molecule has 0 radical (unpaired) electrons. The number of hydrogen-bond donors (Lipinski definition) is 2. The maximum Gasteiger partial charge on any atom is 0.162 e. The van der Waals surface area contributed by atoms with Crippen molar-refractivity contribution in [1.29, 1.82) is 5.26 Å². The van der Waals surface area contributed by atoms with Gasteiger partial charge in [-0.05, 0) is 36.4 Å². The summed E-state index contributed by atoms with van der Waals surface area (Å²) in [5.41, 5.74) is 14.5. The van der Waals surface area contributed by atoms with Crippen LogP contribution >= 0.6 is 11.6 Å². The summed E-state index contributed by atoms with van der Waals surface area (Å²) in [5, 5.41) is 9.99. The fourth-order valence-corrected chi connectivity index (χ4v) is 2.34. The van der Waals surface area contributed by atoms with Crippen LogP contribution in [0.5, 0.6) is 0 Å². The maximum absolute atomic E-state index is 9.37. The van der Waals surface area contributed by atoms with Crippen molar-refractivity contribution in [2.24, 2.45) is 0 Å². The Morgan fingerprint density at radius 3 is 2.35 bits per heavy atom. The number of rotatable bonds is 2. The summed E-state index contributed by atoms with van der Waals surface area (Å²) in [7, 11) is 0. The average molecular weight is 322 g/mol. The largest absolute Gasteiger partial charge is 0.399 e. The molecule has 5 nitrogen and oxygen atoms in total. The van der Waals surface area contributed by atoms with Crippen molar-refractivity contribution in [2.45, 2.75) is 0 Å². The predicted octanol–water partition coefficient (Wildman–Crippen LogP) is 3.50. The molecule has 23 heavy (non-hydrogen) atoms. The Kier molecular flexibility index (Phi) is 3.83. The molecule has 0 aliphatic heterocycles. The zero-order valence-electron chi connectivity index (χ0n) is 12.0. The molecular weight excluding hydrogens is 310 g/mol. The number of nitrogens with two attached hydrogens (primary N) is 2. The maximum atomic E-state index is 9.37. The van der Waals surface area contributed by atoms with Crippen LogP contribution in [0, 0.1) is 11.3 Å². The van der Waals surface area contributed by atoms with Gasteiger partial charge in [-0.3, -0.25) is 0 Å². The summed E-state index contributed by atoms with van der Waals surface area (Å²) in [5.74, 6) is 0.556. The quantitative estimate of drug-likeness (QED) is 0.703. The van der Waals surface area contributed by atoms with E-state index in [0.29, 0.717) is 27.8 Å². The number of halogens is 1. The van der Waals surface area contributed by atoms with Gasteiger partial charge in [0.2, 0.25) is 0 Å². The average Bonchev–Trinajstić information content (AvgIpc) is 2.55. The standard InChI is InChI=1S/C17H12ClN5/c18-12-6-4-10(5-7-12)17-22-15(14(9-19)16(21)23-17)11-2-1-3-13(20)8-11/h1-8H,20H2,(H2,21,22,23). The van der Waals surface area contributed by atoms with Crippen molar-refractivity contribution in [2.75, 3.05) is 11.5 Å². The molecule has 0 aliphatic carbocycles. The Labute approximate surface area is 138 Å². The van der Waals surface area contributed by atoms with Crippen molar-refractivity contribution >= 4 is 23.1 Å². The molecule has 0 unspecified atom stereocenters. The van der Waals surface area contributed by atoms with E-state index in [1.54, 1.807) is 42.5 Å². The third-order valence-electron chi connectivity index (χ3n) is 3.31. The molecule has 0 fully saturated rings. The number of nitrogen functional groups attached to an aromatic ring is 2. The second-order valence-electron chi connectivity index (χ2n) is 4.90. The molecule has 0 saturated carbocycles. The Balaban J connectivity index is 2.22. The van der Waals surface area contributed by atoms with Crippen molar-refractivity contribution in [3.8, 4) is 28.7 Å². The van der Waals surface area contributed by atoms with E-state index < -0.39 is 0 Å². The number of aromatic nitrogens is 2. The van der Waals surface area contributed by atoms with Crippen LogP contribution in [0.3, 0.4) is 0 Å². The lowest BCUT2D eigenvalue weighted by atomic mass is 10.1. The van der Waals surface area contributed by atoms with E-state index in [1.807, 2.05) is 6.07 Å². The summed E-state index contributed by atoms with van der Waals surface area (Å²) >= 11 is 5.90. The highest BCUT2D eigenvalue weighted by atomic mass is 35.5. The van der Waals surface area contributed by atoms with Gasteiger partial charge >= 0.3 is 0 Å². The molecule has 112 valence electrons. The lowest BCUT2D eigenvalue weighted by Gasteiger charge is -2.09. The summed E-state index contributed by atoms with van der Waals surface area (Å²) in [6.45, 7) is 0. The minimum atomic E-state index is 0.130. The molecule has 0 spiro atoms. The highest BCUT2D eigenvalue weighted by molar-refractivity contribution is 6.30. The molecule has 0 saturated heterocycles. The first-order chi connectivity index (χ1) is 11.1. The molecule has 4 N–H and O–H groups in total. The zero-order valence-corrected chi connectivity index (χ0v) is 12.7. The Morgan fingerprint density at radius 2 is 1.70 bits per heavy atom. The monoisotopic (exact) mass is 321 g/mol. The normalized spacial score (nSPS) is 10.3. The minimum absolute atomic E-state index is 0.130. The molecule has 1 aromatic heterocycles. The van der Waals surface area contributed by atoms with E-state index in [2.05, 4.69) is 16.0 Å². The van der Waals surface area contributed by atoms with E-state index in [-0.39, 0.29) is 11.4 Å². The molecule has 0 atom stereocenters. The van der Waals surface area contributed by atoms with Gasteiger partial charge in [0, 0.05) is 21.8 Å². The molecule has 0 bridgehead atoms. The smallest absolute Gasteiger partial charge is 0.162 e. The summed E-state index contributed by atoms with van der Waals surface area (Å²) in [4.78, 5) is 8.73. The number of nitriles is 1. The van der Waals surface area contributed by atoms with Gasteiger partial charge in [-0.1, -0.05) is 23.7 Å². The van der Waals surface area contributed by atoms with Crippen molar-refractivity contribution in [3.05, 3.63) is 59.1 Å². The van der Waals surface area contributed by atoms with Crippen LogP contribution in [-0.2, 0) is 0 Å². The Hall–Kier alpha value is -3.10. The van der Waals surface area contributed by atoms with E-state index in [1.165, 1.54) is 0 Å². The summed E-state index contributed by atoms with van der Waals surface area (Å²) in [6.07, 6.45) is 0. The molecular formula is C17H12ClN5. The van der Waals surface area contributed by atoms with Crippen molar-refractivity contribution in [1.82, 2.24) is 9.97 Å². The first-order valence-electron chi connectivity index (χ1n) is 6.78. The lowest BCUT2D eigenvalue weighted by molar-refractivity contribution is 1.17. The number of benzene rings is 2. The van der Waals surface area contributed by atoms with Crippen LogP contribution in [0.15, 0.2) is 48.5 Å². The van der Waals surface area contributed by atoms with Gasteiger partial charge in [0.15, 0.2) is 5.82 Å². The predicted molar refractivity (Wildman–Crippen MR) is 91.5 cm³/mol. The van der Waals surface area contributed by atoms with Gasteiger partial charge in [0.05, 0.1) is 5.69 Å². The zero-order chi connectivity index (χ0) is 16.4. The van der Waals surface area contributed by atoms with Gasteiger partial charge in [0.25, 0.3) is 0 Å². The molecule has 3 aromatic rings. The Morgan fingerprint density at radius 1 is 0.957 bits per heavy atom. The SMILES string of the molecule is N#Cc1c(N)nc(-c2ccc(Cl)cc2)nc1-c1cccc(N)c1. The van der Waals surface area contributed by atoms with Crippen LogP contribution in [0.1, 0.15) is 5.56 Å². The second kappa shape index (κ2) is 5.95. The van der Waals surface area contributed by atoms with E-state index in [0.717, 1.165) is 5.56 Å². The van der Waals surface area contributed by atoms with Crippen LogP contribution in [0.25, 0.3) is 22.6 Å². The summed E-state index contributed by atoms with van der Waals surface area (Å²) < 4.78 is 0. The van der Waals surface area contributed by atoms with Crippen LogP contribution < -0.4 is 11.5 Å². The highest BCUT2D eigenvalue weighted by Crippen LogP contribution is 2.29. The number of nitrogens with zero attached hydrogens (tertiary/aromatic N) is 3. The summed E-state index contributed by atoms with van der Waals surface area (Å²) in [6, 6.07) is 16.3. The van der Waals surface area contributed by atoms with Gasteiger partial charge in [-0.2, -0.15) is 5.26 Å². The van der Waals surface area contributed by atoms with Gasteiger partial charge in [-0.25, -0.2) is 9.97 Å². The molecule has 2 aromatic carbocycles. The van der Waals surface area contributed by atoms with Crippen molar-refractivity contribution in [3.63, 3.8) is 0 Å². The minimum Gasteiger partial charge on any atom is -0.399 e. The second-order valence-corrected chi connectivity index (χ2v) is 5.34. The molecule has 0 amide bonds. The number of hydrogen-bond acceptors (Lipinski definition) is 5. The Bertz CT molecular complexity index is 913. The molecule has 1 heterocycles. The van der Waals surface area contributed by atoms with Gasteiger partial charge in [-0.15, -0.1) is 0 Å². The third-order valence-corrected chi connectivity index (χ3v) is 3.56. The van der Waals surface area contributed by atoms with Crippen LogP contribution in [-0.4, -0.2) is 9.97 Å². The molecule has 0 aliphatic rings. The third kappa shape index (κ3) is 2.93. The topological polar surface area (TPSA) is 102 Å². The highest BCUT2D eigenvalue weighted by Gasteiger charge is 2.15. The number of anilines is 2. The van der Waals surface area contributed by atoms with E-state index >= 15 is 0 Å². The van der Waals surface area contributed by atoms with Gasteiger partial charge < -0.3 is 11.5 Å². The fraction of sp³-hybridized carbons (Fsp3) is 0. The lowest BCUT2D eigenvalue weighted by Crippen LogP contribution is -2.03. The van der Waals surface area contributed by atoms with E-state index in [4.69, 9.17) is 23.1 Å². The van der Waals surface area contributed by atoms with Gasteiger partial charge in [0.1, 0.15) is 17.5 Å². The van der Waals surface area contributed by atoms with Crippen LogP contribution in [0.2, 0.25) is 5.02 Å².